The lowest BCUT2D eigenvalue weighted by Crippen LogP contribution is -2.49. The zero-order chi connectivity index (χ0) is 20.4. The number of carboxylic acids is 1. The Morgan fingerprint density at radius 1 is 1.24 bits per heavy atom. The highest BCUT2D eigenvalue weighted by Gasteiger charge is 2.51. The zero-order valence-corrected chi connectivity index (χ0v) is 18.7. The minimum atomic E-state index is -0.867. The first-order chi connectivity index (χ1) is 14.0. The van der Waals surface area contributed by atoms with Crippen LogP contribution in [-0.2, 0) is 4.79 Å². The van der Waals surface area contributed by atoms with Crippen molar-refractivity contribution in [3.63, 3.8) is 0 Å². The molecule has 150 valence electrons. The van der Waals surface area contributed by atoms with Crippen LogP contribution in [0.1, 0.15) is 25.7 Å². The van der Waals surface area contributed by atoms with Crippen molar-refractivity contribution >= 4 is 67.6 Å². The third-order valence-electron chi connectivity index (χ3n) is 5.12. The molecular formula is C21H19BrClN3O2S. The van der Waals surface area contributed by atoms with Gasteiger partial charge in [-0.05, 0) is 55.3 Å². The van der Waals surface area contributed by atoms with Gasteiger partial charge < -0.3 is 10.0 Å². The van der Waals surface area contributed by atoms with Crippen molar-refractivity contribution in [2.24, 2.45) is 9.98 Å². The summed E-state index contributed by atoms with van der Waals surface area (Å²) in [5, 5.41) is 10.5. The standard InChI is InChI=1S/C21H19BrClN3O2S/c22-14-6-8-17(9-7-14)26-20(29-13-18(27)28)25-19(21(26)10-1-2-11-21)24-16-5-3-4-15(23)12-16/h3-9,12H,1-2,10-11,13H2,(H,27,28). The summed E-state index contributed by atoms with van der Waals surface area (Å²) in [6.45, 7) is 0. The number of thioether (sulfide) groups is 1. The normalized spacial score (nSPS) is 19.2. The van der Waals surface area contributed by atoms with E-state index in [0.29, 0.717) is 10.2 Å². The van der Waals surface area contributed by atoms with Crippen LogP contribution in [0.25, 0.3) is 0 Å². The molecule has 1 heterocycles. The third-order valence-corrected chi connectivity index (χ3v) is 6.81. The van der Waals surface area contributed by atoms with E-state index in [9.17, 15) is 9.90 Å². The summed E-state index contributed by atoms with van der Waals surface area (Å²) in [5.41, 5.74) is 1.38. The fourth-order valence-electron chi connectivity index (χ4n) is 3.90. The van der Waals surface area contributed by atoms with Gasteiger partial charge in [0.1, 0.15) is 5.54 Å². The highest BCUT2D eigenvalue weighted by atomic mass is 79.9. The van der Waals surface area contributed by atoms with E-state index in [1.165, 1.54) is 11.8 Å². The van der Waals surface area contributed by atoms with Gasteiger partial charge in [0.05, 0.1) is 11.4 Å². The van der Waals surface area contributed by atoms with E-state index in [-0.39, 0.29) is 11.3 Å². The molecule has 2 aliphatic rings. The molecule has 29 heavy (non-hydrogen) atoms. The molecule has 0 saturated heterocycles. The van der Waals surface area contributed by atoms with Gasteiger partial charge in [0.2, 0.25) is 0 Å². The molecule has 2 aromatic rings. The average molecular weight is 493 g/mol. The zero-order valence-electron chi connectivity index (χ0n) is 15.5. The summed E-state index contributed by atoms with van der Waals surface area (Å²) in [6, 6.07) is 15.5. The Morgan fingerprint density at radius 2 is 1.97 bits per heavy atom. The summed E-state index contributed by atoms with van der Waals surface area (Å²) in [7, 11) is 0. The van der Waals surface area contributed by atoms with E-state index >= 15 is 0 Å². The van der Waals surface area contributed by atoms with Crippen molar-refractivity contribution in [2.45, 2.75) is 31.2 Å². The lowest BCUT2D eigenvalue weighted by Gasteiger charge is -2.36. The highest BCUT2D eigenvalue weighted by Crippen LogP contribution is 2.46. The largest absolute Gasteiger partial charge is 0.481 e. The van der Waals surface area contributed by atoms with E-state index in [4.69, 9.17) is 21.6 Å². The summed E-state index contributed by atoms with van der Waals surface area (Å²) in [4.78, 5) is 23.1. The van der Waals surface area contributed by atoms with Crippen molar-refractivity contribution in [3.05, 3.63) is 58.0 Å². The Balaban J connectivity index is 1.81. The van der Waals surface area contributed by atoms with Gasteiger partial charge in [-0.25, -0.2) is 9.98 Å². The van der Waals surface area contributed by atoms with Crippen LogP contribution in [-0.4, -0.2) is 33.4 Å². The van der Waals surface area contributed by atoms with E-state index < -0.39 is 5.97 Å². The van der Waals surface area contributed by atoms with Gasteiger partial charge in [0.25, 0.3) is 0 Å². The maximum absolute atomic E-state index is 11.2. The first-order valence-electron chi connectivity index (χ1n) is 9.32. The number of aliphatic imine (C=N–C) groups is 2. The van der Waals surface area contributed by atoms with Gasteiger partial charge in [0.15, 0.2) is 11.0 Å². The molecule has 0 unspecified atom stereocenters. The Hall–Kier alpha value is -1.83. The van der Waals surface area contributed by atoms with Crippen LogP contribution in [0.2, 0.25) is 5.02 Å². The minimum absolute atomic E-state index is 0.0492. The van der Waals surface area contributed by atoms with E-state index in [1.54, 1.807) is 0 Å². The second kappa shape index (κ2) is 8.50. The molecule has 0 aromatic heterocycles. The number of hydrogen-bond acceptors (Lipinski definition) is 4. The topological polar surface area (TPSA) is 65.3 Å². The van der Waals surface area contributed by atoms with Crippen LogP contribution in [0.15, 0.2) is 63.0 Å². The number of anilines is 1. The molecule has 0 radical (unpaired) electrons. The van der Waals surface area contributed by atoms with E-state index in [0.717, 1.165) is 47.4 Å². The highest BCUT2D eigenvalue weighted by molar-refractivity contribution is 9.10. The number of rotatable bonds is 4. The molecule has 0 atom stereocenters. The molecular weight excluding hydrogens is 474 g/mol. The fourth-order valence-corrected chi connectivity index (χ4v) is 5.16. The Morgan fingerprint density at radius 3 is 2.62 bits per heavy atom. The smallest absolute Gasteiger partial charge is 0.313 e. The first kappa shape index (κ1) is 20.4. The van der Waals surface area contributed by atoms with Gasteiger partial charge in [-0.1, -0.05) is 58.2 Å². The summed E-state index contributed by atoms with van der Waals surface area (Å²) >= 11 is 10.9. The van der Waals surface area contributed by atoms with E-state index in [1.807, 2.05) is 48.5 Å². The molecule has 1 N–H and O–H groups in total. The lowest BCUT2D eigenvalue weighted by molar-refractivity contribution is -0.133. The molecule has 1 fully saturated rings. The lowest BCUT2D eigenvalue weighted by atomic mass is 9.94. The van der Waals surface area contributed by atoms with Crippen LogP contribution >= 0.6 is 39.3 Å². The SMILES string of the molecule is O=C(O)CSC1=NC(=Nc2cccc(Cl)c2)C2(CCCC2)N1c1ccc(Br)cc1. The molecule has 4 rings (SSSR count). The molecule has 5 nitrogen and oxygen atoms in total. The van der Waals surface area contributed by atoms with Crippen molar-refractivity contribution in [2.75, 3.05) is 10.7 Å². The Kier molecular flexibility index (Phi) is 5.99. The van der Waals surface area contributed by atoms with Crippen LogP contribution in [0.3, 0.4) is 0 Å². The second-order valence-corrected chi connectivity index (χ2v) is 9.34. The summed E-state index contributed by atoms with van der Waals surface area (Å²) in [6.07, 6.45) is 3.99. The maximum Gasteiger partial charge on any atom is 0.313 e. The first-order valence-corrected chi connectivity index (χ1v) is 11.5. The monoisotopic (exact) mass is 491 g/mol. The van der Waals surface area contributed by atoms with Crippen molar-refractivity contribution < 1.29 is 9.90 Å². The predicted octanol–water partition coefficient (Wildman–Crippen LogP) is 6.14. The number of nitrogens with zero attached hydrogens (tertiary/aromatic N) is 3. The van der Waals surface area contributed by atoms with E-state index in [2.05, 4.69) is 20.8 Å². The van der Waals surface area contributed by atoms with Gasteiger partial charge >= 0.3 is 5.97 Å². The quantitative estimate of drug-likeness (QED) is 0.557. The number of amidine groups is 2. The average Bonchev–Trinajstić information content (AvgIpc) is 3.28. The second-order valence-electron chi connectivity index (χ2n) is 7.04. The molecule has 0 amide bonds. The molecule has 1 aliphatic carbocycles. The van der Waals surface area contributed by atoms with Crippen molar-refractivity contribution in [3.8, 4) is 0 Å². The van der Waals surface area contributed by atoms with Crippen LogP contribution in [0.4, 0.5) is 11.4 Å². The van der Waals surface area contributed by atoms with Crippen LogP contribution in [0.5, 0.6) is 0 Å². The molecule has 0 bridgehead atoms. The fraction of sp³-hybridized carbons (Fsp3) is 0.286. The molecule has 8 heteroatoms. The Bertz CT molecular complexity index is 988. The molecule has 1 spiro atoms. The number of carboxylic acid groups (broad SMARTS) is 1. The number of benzene rings is 2. The van der Waals surface area contributed by atoms with Gasteiger partial charge in [-0.2, -0.15) is 0 Å². The number of hydrogen-bond donors (Lipinski definition) is 1. The van der Waals surface area contributed by atoms with Crippen molar-refractivity contribution in [1.29, 1.82) is 0 Å². The maximum atomic E-state index is 11.2. The van der Waals surface area contributed by atoms with Gasteiger partial charge in [-0.15, -0.1) is 0 Å². The molecule has 1 aliphatic heterocycles. The third kappa shape index (κ3) is 4.22. The number of aliphatic carboxylic acids is 1. The minimum Gasteiger partial charge on any atom is -0.481 e. The summed E-state index contributed by atoms with van der Waals surface area (Å²) in [5.74, 6) is -0.186. The van der Waals surface area contributed by atoms with Gasteiger partial charge in [-0.3, -0.25) is 4.79 Å². The summed E-state index contributed by atoms with van der Waals surface area (Å²) < 4.78 is 0.991. The Labute approximate surface area is 187 Å². The van der Waals surface area contributed by atoms with Gasteiger partial charge in [0, 0.05) is 15.2 Å². The molecule has 1 saturated carbocycles. The number of carbonyl (C=O) groups is 1. The molecule has 2 aromatic carbocycles. The number of halogens is 2. The predicted molar refractivity (Wildman–Crippen MR) is 124 cm³/mol. The van der Waals surface area contributed by atoms with Crippen LogP contribution < -0.4 is 4.90 Å². The van der Waals surface area contributed by atoms with Crippen molar-refractivity contribution in [1.82, 2.24) is 0 Å². The van der Waals surface area contributed by atoms with Crippen LogP contribution in [0, 0.1) is 0 Å².